The number of guanidine groups is 1. The van der Waals surface area contributed by atoms with Gasteiger partial charge in [-0.05, 0) is 37.8 Å². The van der Waals surface area contributed by atoms with Gasteiger partial charge in [-0.25, -0.2) is 0 Å². The van der Waals surface area contributed by atoms with E-state index in [1.165, 1.54) is 0 Å². The molecule has 0 atom stereocenters. The first-order valence-electron chi connectivity index (χ1n) is 12.4. The second-order valence-corrected chi connectivity index (χ2v) is 8.70. The van der Waals surface area contributed by atoms with Gasteiger partial charge in [0.05, 0.1) is 26.0 Å². The molecule has 2 N–H and O–H groups in total. The minimum atomic E-state index is 0.167. The molecule has 32 heavy (non-hydrogen) atoms. The van der Waals surface area contributed by atoms with Crippen LogP contribution in [0.2, 0.25) is 0 Å². The third-order valence-corrected chi connectivity index (χ3v) is 6.52. The Balaban J connectivity index is 1.48. The van der Waals surface area contributed by atoms with Crippen molar-refractivity contribution in [3.05, 3.63) is 24.2 Å². The molecule has 3 heterocycles. The molecule has 8 nitrogen and oxygen atoms in total. The Kier molecular flexibility index (Phi) is 10.4. The van der Waals surface area contributed by atoms with Crippen LogP contribution in [0.5, 0.6) is 0 Å². The molecule has 1 aromatic rings. The zero-order chi connectivity index (χ0) is 22.6. The second-order valence-electron chi connectivity index (χ2n) is 8.70. The number of rotatable bonds is 10. The number of nitrogens with zero attached hydrogens (tertiary/aromatic N) is 3. The van der Waals surface area contributed by atoms with E-state index in [1.54, 1.807) is 6.26 Å². The fourth-order valence-electron chi connectivity index (χ4n) is 4.37. The molecule has 0 aromatic carbocycles. The summed E-state index contributed by atoms with van der Waals surface area (Å²) in [5, 5.41) is 7.09. The van der Waals surface area contributed by atoms with E-state index < -0.39 is 0 Å². The number of amides is 1. The first-order valence-corrected chi connectivity index (χ1v) is 12.4. The Labute approximate surface area is 192 Å². The van der Waals surface area contributed by atoms with Crippen LogP contribution in [0, 0.1) is 5.92 Å². The summed E-state index contributed by atoms with van der Waals surface area (Å²) in [5.41, 5.74) is 0. The Bertz CT molecular complexity index is 676. The summed E-state index contributed by atoms with van der Waals surface area (Å²) >= 11 is 0. The summed E-state index contributed by atoms with van der Waals surface area (Å²) in [6.07, 6.45) is 6.28. The molecule has 0 unspecified atom stereocenters. The number of nitrogens with one attached hydrogen (secondary N) is 2. The SMILES string of the molecule is CCC(CC)C(=O)N1CCC(NC(=NCCN2CCOCC2)NCCc2ccco2)CC1. The van der Waals surface area contributed by atoms with Crippen LogP contribution < -0.4 is 10.6 Å². The highest BCUT2D eigenvalue weighted by Crippen LogP contribution is 2.17. The van der Waals surface area contributed by atoms with Crippen molar-refractivity contribution in [1.29, 1.82) is 0 Å². The van der Waals surface area contributed by atoms with Gasteiger partial charge in [-0.15, -0.1) is 0 Å². The van der Waals surface area contributed by atoms with Crippen molar-refractivity contribution in [3.63, 3.8) is 0 Å². The molecule has 180 valence electrons. The van der Waals surface area contributed by atoms with Crippen molar-refractivity contribution >= 4 is 11.9 Å². The number of carbonyl (C=O) groups excluding carboxylic acids is 1. The minimum Gasteiger partial charge on any atom is -0.469 e. The normalized spacial score (nSPS) is 18.8. The number of hydrogen-bond donors (Lipinski definition) is 2. The minimum absolute atomic E-state index is 0.167. The maximum atomic E-state index is 12.7. The van der Waals surface area contributed by atoms with E-state index in [2.05, 4.69) is 34.3 Å². The largest absolute Gasteiger partial charge is 0.469 e. The van der Waals surface area contributed by atoms with Gasteiger partial charge in [0.1, 0.15) is 5.76 Å². The number of hydrogen-bond acceptors (Lipinski definition) is 5. The van der Waals surface area contributed by atoms with E-state index in [0.29, 0.717) is 11.9 Å². The Morgan fingerprint density at radius 1 is 1.19 bits per heavy atom. The van der Waals surface area contributed by atoms with Crippen LogP contribution in [-0.2, 0) is 16.0 Å². The number of morpholine rings is 1. The van der Waals surface area contributed by atoms with Crippen molar-refractivity contribution in [1.82, 2.24) is 20.4 Å². The van der Waals surface area contributed by atoms with E-state index in [4.69, 9.17) is 14.1 Å². The second kappa shape index (κ2) is 13.5. The highest BCUT2D eigenvalue weighted by Gasteiger charge is 2.26. The lowest BCUT2D eigenvalue weighted by Crippen LogP contribution is -2.51. The molecule has 2 fully saturated rings. The molecular weight excluding hydrogens is 406 g/mol. The molecule has 1 aromatic heterocycles. The fraction of sp³-hybridized carbons (Fsp3) is 0.750. The molecule has 2 saturated heterocycles. The van der Waals surface area contributed by atoms with Crippen molar-refractivity contribution < 1.29 is 13.9 Å². The quantitative estimate of drug-likeness (QED) is 0.422. The zero-order valence-corrected chi connectivity index (χ0v) is 19.9. The maximum Gasteiger partial charge on any atom is 0.225 e. The number of likely N-dealkylation sites (tertiary alicyclic amines) is 1. The molecule has 0 aliphatic carbocycles. The third-order valence-electron chi connectivity index (χ3n) is 6.52. The van der Waals surface area contributed by atoms with E-state index in [9.17, 15) is 4.79 Å². The molecule has 2 aliphatic rings. The van der Waals surface area contributed by atoms with Crippen LogP contribution in [0.3, 0.4) is 0 Å². The van der Waals surface area contributed by atoms with E-state index in [0.717, 1.165) is 103 Å². The average molecular weight is 448 g/mol. The lowest BCUT2D eigenvalue weighted by Gasteiger charge is -2.35. The predicted octanol–water partition coefficient (Wildman–Crippen LogP) is 2.12. The maximum absolute atomic E-state index is 12.7. The van der Waals surface area contributed by atoms with Crippen LogP contribution >= 0.6 is 0 Å². The van der Waals surface area contributed by atoms with Gasteiger partial charge in [0.15, 0.2) is 5.96 Å². The van der Waals surface area contributed by atoms with E-state index in [1.807, 2.05) is 12.1 Å². The molecule has 0 bridgehead atoms. The van der Waals surface area contributed by atoms with Crippen LogP contribution in [0.1, 0.15) is 45.3 Å². The smallest absolute Gasteiger partial charge is 0.225 e. The molecule has 0 radical (unpaired) electrons. The van der Waals surface area contributed by atoms with Crippen molar-refractivity contribution in [2.24, 2.45) is 10.9 Å². The van der Waals surface area contributed by atoms with Crippen molar-refractivity contribution in [2.75, 3.05) is 59.0 Å². The Morgan fingerprint density at radius 3 is 2.59 bits per heavy atom. The lowest BCUT2D eigenvalue weighted by atomic mass is 9.98. The monoisotopic (exact) mass is 447 g/mol. The average Bonchev–Trinajstić information content (AvgIpc) is 3.34. The zero-order valence-electron chi connectivity index (χ0n) is 19.9. The van der Waals surface area contributed by atoms with Crippen LogP contribution in [0.4, 0.5) is 0 Å². The predicted molar refractivity (Wildman–Crippen MR) is 127 cm³/mol. The van der Waals surface area contributed by atoms with E-state index in [-0.39, 0.29) is 5.92 Å². The molecule has 0 spiro atoms. The van der Waals surface area contributed by atoms with Gasteiger partial charge >= 0.3 is 0 Å². The number of ether oxygens (including phenoxy) is 1. The Hall–Kier alpha value is -2.06. The fourth-order valence-corrected chi connectivity index (χ4v) is 4.37. The van der Waals surface area contributed by atoms with Gasteiger partial charge in [-0.2, -0.15) is 0 Å². The molecule has 8 heteroatoms. The number of piperidine rings is 1. The van der Waals surface area contributed by atoms with Crippen molar-refractivity contribution in [2.45, 2.75) is 52.0 Å². The van der Waals surface area contributed by atoms with Gasteiger partial charge < -0.3 is 24.7 Å². The van der Waals surface area contributed by atoms with Gasteiger partial charge in [0, 0.05) is 57.6 Å². The summed E-state index contributed by atoms with van der Waals surface area (Å²) in [7, 11) is 0. The standard InChI is InChI=1S/C24H41N5O3/c1-3-20(4-2)23(30)29-12-8-21(9-13-29)27-24(25-10-7-22-6-5-17-32-22)26-11-14-28-15-18-31-19-16-28/h5-6,17,20-21H,3-4,7-16,18-19H2,1-2H3,(H2,25,26,27). The molecule has 3 rings (SSSR count). The van der Waals surface area contributed by atoms with Crippen LogP contribution in [-0.4, -0.2) is 86.7 Å². The van der Waals surface area contributed by atoms with Gasteiger partial charge in [-0.1, -0.05) is 13.8 Å². The lowest BCUT2D eigenvalue weighted by molar-refractivity contribution is -0.136. The van der Waals surface area contributed by atoms with Gasteiger partial charge in [-0.3, -0.25) is 14.7 Å². The third kappa shape index (κ3) is 7.81. The molecule has 1 amide bonds. The number of furan rings is 1. The Morgan fingerprint density at radius 2 is 1.94 bits per heavy atom. The van der Waals surface area contributed by atoms with Crippen LogP contribution in [0.25, 0.3) is 0 Å². The number of aliphatic imine (C=N–C) groups is 1. The van der Waals surface area contributed by atoms with E-state index >= 15 is 0 Å². The summed E-state index contributed by atoms with van der Waals surface area (Å²) in [6.45, 7) is 11.9. The van der Waals surface area contributed by atoms with Gasteiger partial charge in [0.25, 0.3) is 0 Å². The summed E-state index contributed by atoms with van der Waals surface area (Å²) < 4.78 is 10.9. The van der Waals surface area contributed by atoms with Crippen LogP contribution in [0.15, 0.2) is 27.8 Å². The summed E-state index contributed by atoms with van der Waals surface area (Å²) in [5.74, 6) is 2.32. The number of carbonyl (C=O) groups is 1. The molecule has 0 saturated carbocycles. The summed E-state index contributed by atoms with van der Waals surface area (Å²) in [4.78, 5) is 22.0. The molecular formula is C24H41N5O3. The summed E-state index contributed by atoms with van der Waals surface area (Å²) in [6, 6.07) is 4.25. The first-order chi connectivity index (χ1) is 15.7. The first kappa shape index (κ1) is 24.6. The molecule has 2 aliphatic heterocycles. The van der Waals surface area contributed by atoms with Crippen molar-refractivity contribution in [3.8, 4) is 0 Å². The topological polar surface area (TPSA) is 82.3 Å². The highest BCUT2D eigenvalue weighted by molar-refractivity contribution is 5.80. The van der Waals surface area contributed by atoms with Gasteiger partial charge in [0.2, 0.25) is 5.91 Å². The highest BCUT2D eigenvalue weighted by atomic mass is 16.5.